The second kappa shape index (κ2) is 10.8. The van der Waals surface area contributed by atoms with Gasteiger partial charge in [0.2, 0.25) is 10.0 Å². The van der Waals surface area contributed by atoms with Gasteiger partial charge in [-0.2, -0.15) is 0 Å². The fourth-order valence-corrected chi connectivity index (χ4v) is 4.39. The van der Waals surface area contributed by atoms with Crippen LogP contribution in [0.2, 0.25) is 0 Å². The number of guanidine groups is 1. The van der Waals surface area contributed by atoms with Gasteiger partial charge in [-0.1, -0.05) is 25.0 Å². The van der Waals surface area contributed by atoms with Crippen LogP contribution in [-0.4, -0.2) is 48.2 Å². The highest BCUT2D eigenvalue weighted by Crippen LogP contribution is 2.40. The van der Waals surface area contributed by atoms with Gasteiger partial charge in [-0.15, -0.1) is 0 Å². The van der Waals surface area contributed by atoms with Gasteiger partial charge < -0.3 is 15.4 Å². The largest absolute Gasteiger partial charge is 0.382 e. The Balaban J connectivity index is 1.87. The standard InChI is InChI=1S/C20H34N4O3S/c1-4-27-14-13-20(11-5-6-12-20)16-24-19(21-2)23-15-17-7-9-18(10-8-17)28(25,26)22-3/h7-10,22H,4-6,11-16H2,1-3H3,(H2,21,23,24). The van der Waals surface area contributed by atoms with E-state index >= 15 is 0 Å². The maximum atomic E-state index is 11.8. The minimum atomic E-state index is -3.40. The van der Waals surface area contributed by atoms with Gasteiger partial charge in [0.1, 0.15) is 0 Å². The maximum absolute atomic E-state index is 11.8. The molecule has 28 heavy (non-hydrogen) atoms. The van der Waals surface area contributed by atoms with E-state index in [0.717, 1.165) is 37.7 Å². The maximum Gasteiger partial charge on any atom is 0.240 e. The third kappa shape index (κ3) is 6.46. The molecule has 0 amide bonds. The molecule has 1 aliphatic carbocycles. The van der Waals surface area contributed by atoms with E-state index in [1.165, 1.54) is 32.7 Å². The molecule has 1 fully saturated rings. The zero-order valence-corrected chi connectivity index (χ0v) is 18.1. The summed E-state index contributed by atoms with van der Waals surface area (Å²) in [6, 6.07) is 6.84. The molecule has 0 saturated heterocycles. The molecule has 0 bridgehead atoms. The molecule has 0 aliphatic heterocycles. The fourth-order valence-electron chi connectivity index (χ4n) is 3.66. The fraction of sp³-hybridized carbons (Fsp3) is 0.650. The zero-order chi connectivity index (χ0) is 20.5. The van der Waals surface area contributed by atoms with E-state index < -0.39 is 10.0 Å². The van der Waals surface area contributed by atoms with E-state index in [1.807, 2.05) is 19.1 Å². The predicted octanol–water partition coefficient (Wildman–Crippen LogP) is 2.25. The Labute approximate surface area is 169 Å². The van der Waals surface area contributed by atoms with Gasteiger partial charge in [0.25, 0.3) is 0 Å². The van der Waals surface area contributed by atoms with Crippen LogP contribution in [-0.2, 0) is 21.3 Å². The Morgan fingerprint density at radius 1 is 1.18 bits per heavy atom. The summed E-state index contributed by atoms with van der Waals surface area (Å²) in [5.74, 6) is 0.759. The molecule has 2 rings (SSSR count). The molecule has 158 valence electrons. The van der Waals surface area contributed by atoms with Crippen molar-refractivity contribution in [3.8, 4) is 0 Å². The number of nitrogens with zero attached hydrogens (tertiary/aromatic N) is 1. The molecule has 7 nitrogen and oxygen atoms in total. The normalized spacial score (nSPS) is 16.9. The van der Waals surface area contributed by atoms with Crippen molar-refractivity contribution in [1.82, 2.24) is 15.4 Å². The third-order valence-electron chi connectivity index (χ3n) is 5.46. The van der Waals surface area contributed by atoms with Gasteiger partial charge in [0.05, 0.1) is 4.90 Å². The van der Waals surface area contributed by atoms with Crippen LogP contribution in [0.25, 0.3) is 0 Å². The lowest BCUT2D eigenvalue weighted by molar-refractivity contribution is 0.105. The Kier molecular flexibility index (Phi) is 8.72. The predicted molar refractivity (Wildman–Crippen MR) is 113 cm³/mol. The summed E-state index contributed by atoms with van der Waals surface area (Å²) in [6.07, 6.45) is 6.09. The lowest BCUT2D eigenvalue weighted by atomic mass is 9.83. The number of benzene rings is 1. The van der Waals surface area contributed by atoms with Crippen LogP contribution in [0.4, 0.5) is 0 Å². The van der Waals surface area contributed by atoms with E-state index in [1.54, 1.807) is 19.2 Å². The summed E-state index contributed by atoms with van der Waals surface area (Å²) < 4.78 is 31.5. The van der Waals surface area contributed by atoms with Crippen LogP contribution < -0.4 is 15.4 Å². The number of rotatable bonds is 10. The second-order valence-corrected chi connectivity index (χ2v) is 9.17. The average Bonchev–Trinajstić information content (AvgIpc) is 3.17. The molecule has 0 spiro atoms. The summed E-state index contributed by atoms with van der Waals surface area (Å²) in [5, 5.41) is 6.78. The van der Waals surface area contributed by atoms with Gasteiger partial charge in [0, 0.05) is 33.4 Å². The number of aliphatic imine (C=N–C) groups is 1. The quantitative estimate of drug-likeness (QED) is 0.313. The van der Waals surface area contributed by atoms with Gasteiger partial charge in [-0.05, 0) is 56.3 Å². The molecule has 0 atom stereocenters. The first-order valence-electron chi connectivity index (χ1n) is 9.99. The van der Waals surface area contributed by atoms with E-state index in [-0.39, 0.29) is 10.3 Å². The van der Waals surface area contributed by atoms with Crippen molar-refractivity contribution in [2.24, 2.45) is 10.4 Å². The SMILES string of the molecule is CCOCCC1(CNC(=NC)NCc2ccc(S(=O)(=O)NC)cc2)CCCC1. The minimum absolute atomic E-state index is 0.263. The molecular weight excluding hydrogens is 376 g/mol. The Hall–Kier alpha value is -1.64. The summed E-state index contributed by atoms with van der Waals surface area (Å²) in [5.41, 5.74) is 1.28. The van der Waals surface area contributed by atoms with E-state index in [4.69, 9.17) is 4.74 Å². The van der Waals surface area contributed by atoms with Crippen LogP contribution in [0.3, 0.4) is 0 Å². The van der Waals surface area contributed by atoms with Crippen molar-refractivity contribution in [1.29, 1.82) is 0 Å². The van der Waals surface area contributed by atoms with Crippen molar-refractivity contribution >= 4 is 16.0 Å². The number of sulfonamides is 1. The molecule has 1 aromatic carbocycles. The zero-order valence-electron chi connectivity index (χ0n) is 17.3. The average molecular weight is 411 g/mol. The molecule has 0 heterocycles. The van der Waals surface area contributed by atoms with Crippen molar-refractivity contribution in [2.45, 2.75) is 50.5 Å². The van der Waals surface area contributed by atoms with Crippen LogP contribution in [0, 0.1) is 5.41 Å². The lowest BCUT2D eigenvalue weighted by Gasteiger charge is -2.30. The minimum Gasteiger partial charge on any atom is -0.382 e. The molecule has 1 aromatic rings. The summed E-state index contributed by atoms with van der Waals surface area (Å²) >= 11 is 0. The first-order chi connectivity index (χ1) is 13.4. The van der Waals surface area contributed by atoms with Crippen LogP contribution in [0.5, 0.6) is 0 Å². The van der Waals surface area contributed by atoms with E-state index in [9.17, 15) is 8.42 Å². The number of nitrogens with one attached hydrogen (secondary N) is 3. The molecule has 0 aromatic heterocycles. The van der Waals surface area contributed by atoms with Crippen molar-refractivity contribution in [2.75, 3.05) is 33.9 Å². The highest BCUT2D eigenvalue weighted by molar-refractivity contribution is 7.89. The molecule has 0 unspecified atom stereocenters. The van der Waals surface area contributed by atoms with Gasteiger partial charge in [-0.3, -0.25) is 4.99 Å². The van der Waals surface area contributed by atoms with Crippen LogP contribution >= 0.6 is 0 Å². The monoisotopic (exact) mass is 410 g/mol. The topological polar surface area (TPSA) is 91.8 Å². The van der Waals surface area contributed by atoms with Crippen molar-refractivity contribution in [3.63, 3.8) is 0 Å². The molecule has 8 heteroatoms. The number of hydrogen-bond donors (Lipinski definition) is 3. The molecule has 1 saturated carbocycles. The Morgan fingerprint density at radius 3 is 2.43 bits per heavy atom. The summed E-state index contributed by atoms with van der Waals surface area (Å²) in [7, 11) is -0.230. The Bertz CT molecular complexity index is 726. The molecular formula is C20H34N4O3S. The number of ether oxygens (including phenoxy) is 1. The number of hydrogen-bond acceptors (Lipinski definition) is 4. The van der Waals surface area contributed by atoms with E-state index in [0.29, 0.717) is 6.54 Å². The van der Waals surface area contributed by atoms with E-state index in [2.05, 4.69) is 20.3 Å². The first kappa shape index (κ1) is 22.6. The third-order valence-corrected chi connectivity index (χ3v) is 6.89. The Morgan fingerprint density at radius 2 is 1.86 bits per heavy atom. The van der Waals surface area contributed by atoms with Gasteiger partial charge >= 0.3 is 0 Å². The second-order valence-electron chi connectivity index (χ2n) is 7.28. The molecule has 0 radical (unpaired) electrons. The highest BCUT2D eigenvalue weighted by Gasteiger charge is 2.33. The van der Waals surface area contributed by atoms with Crippen molar-refractivity contribution in [3.05, 3.63) is 29.8 Å². The lowest BCUT2D eigenvalue weighted by Crippen LogP contribution is -2.43. The van der Waals surface area contributed by atoms with Gasteiger partial charge in [0.15, 0.2) is 5.96 Å². The first-order valence-corrected chi connectivity index (χ1v) is 11.5. The van der Waals surface area contributed by atoms with Gasteiger partial charge in [-0.25, -0.2) is 13.1 Å². The smallest absolute Gasteiger partial charge is 0.240 e. The molecule has 3 N–H and O–H groups in total. The summed E-state index contributed by atoms with van der Waals surface area (Å²) in [4.78, 5) is 4.58. The summed E-state index contributed by atoms with van der Waals surface area (Å²) in [6.45, 7) is 5.07. The molecule has 1 aliphatic rings. The van der Waals surface area contributed by atoms with Crippen LogP contribution in [0.15, 0.2) is 34.2 Å². The highest BCUT2D eigenvalue weighted by atomic mass is 32.2. The van der Waals surface area contributed by atoms with Crippen LogP contribution in [0.1, 0.15) is 44.6 Å². The van der Waals surface area contributed by atoms with Crippen molar-refractivity contribution < 1.29 is 13.2 Å².